The number of halogens is 2. The van der Waals surface area contributed by atoms with Crippen LogP contribution in [-0.4, -0.2) is 43.8 Å². The molecule has 46 heavy (non-hydrogen) atoms. The average molecular weight is 681 g/mol. The van der Waals surface area contributed by atoms with E-state index in [1.807, 2.05) is 71.0 Å². The van der Waals surface area contributed by atoms with E-state index in [0.717, 1.165) is 26.6 Å². The fraction of sp³-hybridized carbons (Fsp3) is 0.278. The Morgan fingerprint density at radius 2 is 1.39 bits per heavy atom. The van der Waals surface area contributed by atoms with Crippen LogP contribution in [-0.2, 0) is 32.6 Å². The van der Waals surface area contributed by atoms with Crippen molar-refractivity contribution in [1.29, 1.82) is 0 Å². The summed E-state index contributed by atoms with van der Waals surface area (Å²) in [4.78, 5) is 29.9. The summed E-state index contributed by atoms with van der Waals surface area (Å²) in [5.74, 6) is -0.910. The largest absolute Gasteiger partial charge is 0.352 e. The number of carbonyl (C=O) groups excluding carboxylic acids is 2. The first-order chi connectivity index (χ1) is 21.7. The number of hydrogen-bond donors (Lipinski definition) is 1. The van der Waals surface area contributed by atoms with Gasteiger partial charge in [-0.1, -0.05) is 83.4 Å². The SMILES string of the molecule is Cc1ccc(S(=O)(=O)N(CC(=O)N(Cc2ccc(Cl)c(Cl)c2)[C@@H](Cc2ccccc2)C(=O)NC(C)C)c2cc(C)cc(C)c2)cc1. The Bertz CT molecular complexity index is 1780. The molecule has 0 aromatic heterocycles. The number of hydrogen-bond acceptors (Lipinski definition) is 4. The number of benzene rings is 4. The van der Waals surface area contributed by atoms with Crippen LogP contribution in [0.15, 0.2) is 95.9 Å². The molecule has 1 N–H and O–H groups in total. The van der Waals surface area contributed by atoms with Crippen LogP contribution in [0.4, 0.5) is 5.69 Å². The van der Waals surface area contributed by atoms with Gasteiger partial charge in [-0.3, -0.25) is 13.9 Å². The maximum absolute atomic E-state index is 14.6. The minimum atomic E-state index is -4.20. The smallest absolute Gasteiger partial charge is 0.264 e. The van der Waals surface area contributed by atoms with Crippen molar-refractivity contribution < 1.29 is 18.0 Å². The lowest BCUT2D eigenvalue weighted by atomic mass is 10.0. The lowest BCUT2D eigenvalue weighted by Gasteiger charge is -2.34. The van der Waals surface area contributed by atoms with E-state index in [-0.39, 0.29) is 29.8 Å². The Labute approximate surface area is 282 Å². The van der Waals surface area contributed by atoms with Crippen molar-refractivity contribution in [2.75, 3.05) is 10.8 Å². The minimum Gasteiger partial charge on any atom is -0.352 e. The normalized spacial score (nSPS) is 12.1. The molecule has 1 atom stereocenters. The zero-order valence-corrected chi connectivity index (χ0v) is 29.0. The first-order valence-corrected chi connectivity index (χ1v) is 17.2. The molecule has 0 saturated heterocycles. The van der Waals surface area contributed by atoms with Crippen molar-refractivity contribution in [2.24, 2.45) is 0 Å². The third-order valence-corrected chi connectivity index (χ3v) is 9.95. The summed E-state index contributed by atoms with van der Waals surface area (Å²) in [5, 5.41) is 3.61. The molecular weight excluding hydrogens is 641 g/mol. The molecule has 0 spiro atoms. The summed E-state index contributed by atoms with van der Waals surface area (Å²) >= 11 is 12.5. The van der Waals surface area contributed by atoms with Crippen molar-refractivity contribution in [3.8, 4) is 0 Å². The number of carbonyl (C=O) groups is 2. The van der Waals surface area contributed by atoms with Gasteiger partial charge in [0.2, 0.25) is 11.8 Å². The van der Waals surface area contributed by atoms with Crippen molar-refractivity contribution in [3.63, 3.8) is 0 Å². The van der Waals surface area contributed by atoms with Gasteiger partial charge in [0.1, 0.15) is 12.6 Å². The predicted octanol–water partition coefficient (Wildman–Crippen LogP) is 7.28. The van der Waals surface area contributed by atoms with Crippen molar-refractivity contribution in [1.82, 2.24) is 10.2 Å². The molecular formula is C36H39Cl2N3O4S. The molecule has 0 aliphatic heterocycles. The van der Waals surface area contributed by atoms with E-state index in [0.29, 0.717) is 21.3 Å². The number of rotatable bonds is 12. The second kappa shape index (κ2) is 15.2. The van der Waals surface area contributed by atoms with Crippen LogP contribution in [0.1, 0.15) is 41.7 Å². The molecule has 2 amide bonds. The summed E-state index contributed by atoms with van der Waals surface area (Å²) in [7, 11) is -4.20. The lowest BCUT2D eigenvalue weighted by Crippen LogP contribution is -2.54. The molecule has 4 aromatic rings. The monoisotopic (exact) mass is 679 g/mol. The fourth-order valence-electron chi connectivity index (χ4n) is 5.23. The summed E-state index contributed by atoms with van der Waals surface area (Å²) in [6, 6.07) is 25.2. The zero-order chi connectivity index (χ0) is 33.6. The molecule has 0 fully saturated rings. The first kappa shape index (κ1) is 35.0. The van der Waals surface area contributed by atoms with Gasteiger partial charge >= 0.3 is 0 Å². The summed E-state index contributed by atoms with van der Waals surface area (Å²) in [5.41, 5.74) is 4.43. The predicted molar refractivity (Wildman–Crippen MR) is 186 cm³/mol. The Balaban J connectivity index is 1.84. The van der Waals surface area contributed by atoms with E-state index in [9.17, 15) is 18.0 Å². The third kappa shape index (κ3) is 8.90. The molecule has 0 saturated carbocycles. The summed E-state index contributed by atoms with van der Waals surface area (Å²) in [6.07, 6.45) is 0.209. The molecule has 4 aromatic carbocycles. The molecule has 0 radical (unpaired) electrons. The molecule has 0 unspecified atom stereocenters. The van der Waals surface area contributed by atoms with Gasteiger partial charge in [-0.05, 0) is 93.3 Å². The van der Waals surface area contributed by atoms with Gasteiger partial charge in [-0.2, -0.15) is 0 Å². The number of sulfonamides is 1. The molecule has 10 heteroatoms. The van der Waals surface area contributed by atoms with Crippen molar-refractivity contribution in [3.05, 3.63) is 129 Å². The van der Waals surface area contributed by atoms with Crippen molar-refractivity contribution in [2.45, 2.75) is 64.6 Å². The van der Waals surface area contributed by atoms with Crippen LogP contribution < -0.4 is 9.62 Å². The minimum absolute atomic E-state index is 0.00992. The van der Waals surface area contributed by atoms with Gasteiger partial charge < -0.3 is 10.2 Å². The van der Waals surface area contributed by atoms with Crippen molar-refractivity contribution >= 4 is 50.7 Å². The molecule has 0 aliphatic rings. The Morgan fingerprint density at radius 1 is 0.761 bits per heavy atom. The highest BCUT2D eigenvalue weighted by molar-refractivity contribution is 7.92. The maximum atomic E-state index is 14.6. The number of aryl methyl sites for hydroxylation is 3. The molecule has 0 heterocycles. The number of nitrogens with zero attached hydrogens (tertiary/aromatic N) is 2. The second-order valence-corrected chi connectivity index (χ2v) is 14.5. The summed E-state index contributed by atoms with van der Waals surface area (Å²) < 4.78 is 29.6. The summed E-state index contributed by atoms with van der Waals surface area (Å²) in [6.45, 7) is 8.76. The third-order valence-electron chi connectivity index (χ3n) is 7.42. The molecule has 0 aliphatic carbocycles. The lowest BCUT2D eigenvalue weighted by molar-refractivity contribution is -0.140. The van der Waals surface area contributed by atoms with E-state index in [1.165, 1.54) is 17.0 Å². The van der Waals surface area contributed by atoms with Crippen LogP contribution in [0.25, 0.3) is 0 Å². The van der Waals surface area contributed by atoms with Gasteiger partial charge in [0.15, 0.2) is 0 Å². The Hall–Kier alpha value is -3.85. The highest BCUT2D eigenvalue weighted by atomic mass is 35.5. The Morgan fingerprint density at radius 3 is 1.98 bits per heavy atom. The fourth-order valence-corrected chi connectivity index (χ4v) is 6.95. The highest BCUT2D eigenvalue weighted by Gasteiger charge is 2.35. The van der Waals surface area contributed by atoms with Crippen LogP contribution in [0.2, 0.25) is 10.0 Å². The van der Waals surface area contributed by atoms with E-state index < -0.39 is 28.5 Å². The molecule has 0 bridgehead atoms. The van der Waals surface area contributed by atoms with Crippen LogP contribution >= 0.6 is 23.2 Å². The van der Waals surface area contributed by atoms with Gasteiger partial charge in [-0.15, -0.1) is 0 Å². The van der Waals surface area contributed by atoms with Crippen LogP contribution in [0, 0.1) is 20.8 Å². The van der Waals surface area contributed by atoms with E-state index in [1.54, 1.807) is 42.5 Å². The molecule has 242 valence electrons. The average Bonchev–Trinajstić information content (AvgIpc) is 2.99. The van der Waals surface area contributed by atoms with Crippen LogP contribution in [0.3, 0.4) is 0 Å². The number of amides is 2. The van der Waals surface area contributed by atoms with Gasteiger partial charge in [0.05, 0.1) is 20.6 Å². The van der Waals surface area contributed by atoms with Crippen LogP contribution in [0.5, 0.6) is 0 Å². The Kier molecular flexibility index (Phi) is 11.5. The standard InChI is InChI=1S/C36H39Cl2N3O4S/c1-24(2)39-36(43)34(21-28-9-7-6-8-10-28)40(22-29-13-16-32(37)33(38)20-29)35(42)23-41(30-18-26(4)17-27(5)19-30)46(44,45)31-14-11-25(3)12-15-31/h6-20,24,34H,21-23H2,1-5H3,(H,39,43)/t34-/m0/s1. The van der Waals surface area contributed by atoms with E-state index in [2.05, 4.69) is 5.32 Å². The van der Waals surface area contributed by atoms with Gasteiger partial charge in [-0.25, -0.2) is 8.42 Å². The first-order valence-electron chi connectivity index (χ1n) is 15.0. The molecule has 4 rings (SSSR count). The number of nitrogens with one attached hydrogen (secondary N) is 1. The zero-order valence-electron chi connectivity index (χ0n) is 26.6. The van der Waals surface area contributed by atoms with E-state index in [4.69, 9.17) is 23.2 Å². The molecule has 7 nitrogen and oxygen atoms in total. The van der Waals surface area contributed by atoms with E-state index >= 15 is 0 Å². The second-order valence-electron chi connectivity index (χ2n) is 11.8. The van der Waals surface area contributed by atoms with Gasteiger partial charge in [0, 0.05) is 19.0 Å². The number of anilines is 1. The maximum Gasteiger partial charge on any atom is 0.264 e. The highest BCUT2D eigenvalue weighted by Crippen LogP contribution is 2.28. The quantitative estimate of drug-likeness (QED) is 0.171. The topological polar surface area (TPSA) is 86.8 Å². The van der Waals surface area contributed by atoms with Gasteiger partial charge in [0.25, 0.3) is 10.0 Å².